The van der Waals surface area contributed by atoms with Crippen LogP contribution < -0.4 is 15.4 Å². The van der Waals surface area contributed by atoms with Crippen LogP contribution in [0, 0.1) is 5.82 Å². The number of aliphatic hydroxyl groups excluding tert-OH is 1. The molecule has 4 rings (SSSR count). The molecular weight excluding hydrogens is 611 g/mol. The third-order valence-corrected chi connectivity index (χ3v) is 8.27. The standard InChI is InChI=1S/C33H51FN6O7/c1-43-29-9-8-27(24-28(29)34)36-33-38-31(25-6-4-2-3-5-7-25)37-32(39-33)35-26-10-13-40(14-11-26)30(42)12-16-44-18-20-46-22-23-47-21-19-45-17-15-41/h8-9,24-26,41H,2-7,10-23H2,1H3,(H2,35,36,37,38,39). The Morgan fingerprint density at radius 3 is 2.09 bits per heavy atom. The molecule has 0 bridgehead atoms. The summed E-state index contributed by atoms with van der Waals surface area (Å²) in [5.41, 5.74) is 0.526. The number of carbonyl (C=O) groups is 1. The Hall–Kier alpha value is -3.17. The maximum Gasteiger partial charge on any atom is 0.232 e. The summed E-state index contributed by atoms with van der Waals surface area (Å²) in [5, 5.41) is 15.3. The molecule has 1 saturated carbocycles. The first-order valence-electron chi connectivity index (χ1n) is 16.9. The number of likely N-dealkylation sites (tertiary alicyclic amines) is 1. The number of aromatic nitrogens is 3. The molecule has 13 nitrogen and oxygen atoms in total. The van der Waals surface area contributed by atoms with Gasteiger partial charge in [-0.1, -0.05) is 25.7 Å². The van der Waals surface area contributed by atoms with Gasteiger partial charge in [0.2, 0.25) is 17.8 Å². The molecule has 0 atom stereocenters. The van der Waals surface area contributed by atoms with Crippen LogP contribution in [-0.4, -0.2) is 117 Å². The third kappa shape index (κ3) is 13.1. The van der Waals surface area contributed by atoms with Gasteiger partial charge in [-0.2, -0.15) is 15.0 Å². The number of hydrogen-bond donors (Lipinski definition) is 3. The fraction of sp³-hybridized carbons (Fsp3) is 0.697. The second kappa shape index (κ2) is 20.9. The van der Waals surface area contributed by atoms with E-state index in [1.54, 1.807) is 12.1 Å². The number of piperidine rings is 1. The fourth-order valence-electron chi connectivity index (χ4n) is 5.71. The zero-order valence-corrected chi connectivity index (χ0v) is 27.6. The van der Waals surface area contributed by atoms with Crippen LogP contribution in [0.1, 0.15) is 69.5 Å². The minimum absolute atomic E-state index is 0.00707. The van der Waals surface area contributed by atoms with Crippen molar-refractivity contribution in [1.82, 2.24) is 19.9 Å². The summed E-state index contributed by atoms with van der Waals surface area (Å²) < 4.78 is 40.9. The van der Waals surface area contributed by atoms with Gasteiger partial charge >= 0.3 is 0 Å². The van der Waals surface area contributed by atoms with Gasteiger partial charge in [0.1, 0.15) is 5.82 Å². The van der Waals surface area contributed by atoms with E-state index in [-0.39, 0.29) is 30.2 Å². The van der Waals surface area contributed by atoms with Gasteiger partial charge in [-0.3, -0.25) is 4.79 Å². The number of amides is 1. The average Bonchev–Trinajstić information content (AvgIpc) is 3.37. The van der Waals surface area contributed by atoms with Crippen molar-refractivity contribution in [3.05, 3.63) is 29.8 Å². The van der Waals surface area contributed by atoms with Crippen molar-refractivity contribution in [1.29, 1.82) is 0 Å². The van der Waals surface area contributed by atoms with Crippen LogP contribution in [0.15, 0.2) is 18.2 Å². The van der Waals surface area contributed by atoms with E-state index in [2.05, 4.69) is 15.6 Å². The van der Waals surface area contributed by atoms with Gasteiger partial charge in [-0.15, -0.1) is 0 Å². The first-order valence-corrected chi connectivity index (χ1v) is 16.9. The van der Waals surface area contributed by atoms with Crippen molar-refractivity contribution < 1.29 is 38.0 Å². The zero-order valence-electron chi connectivity index (χ0n) is 27.6. The first kappa shape index (κ1) is 36.7. The molecule has 2 fully saturated rings. The predicted molar refractivity (Wildman–Crippen MR) is 175 cm³/mol. The highest BCUT2D eigenvalue weighted by Gasteiger charge is 2.25. The van der Waals surface area contributed by atoms with E-state index in [1.165, 1.54) is 26.0 Å². The van der Waals surface area contributed by atoms with Crippen LogP contribution in [0.2, 0.25) is 0 Å². The minimum atomic E-state index is -0.466. The SMILES string of the molecule is COc1ccc(Nc2nc(NC3CCN(C(=O)CCOCCOCCOCCOCCO)CC3)nc(C3CCCCCC3)n2)cc1F. The lowest BCUT2D eigenvalue weighted by atomic mass is 10.00. The molecule has 1 amide bonds. The number of methoxy groups -OCH3 is 1. The number of benzene rings is 1. The number of nitrogens with zero attached hydrogens (tertiary/aromatic N) is 4. The molecule has 262 valence electrons. The summed E-state index contributed by atoms with van der Waals surface area (Å²) in [6, 6.07) is 4.78. The van der Waals surface area contributed by atoms with Crippen LogP contribution >= 0.6 is 0 Å². The second-order valence-electron chi connectivity index (χ2n) is 11.7. The highest BCUT2D eigenvalue weighted by Crippen LogP contribution is 2.31. The average molecular weight is 663 g/mol. The largest absolute Gasteiger partial charge is 0.494 e. The Balaban J connectivity index is 1.19. The number of hydrogen-bond acceptors (Lipinski definition) is 12. The lowest BCUT2D eigenvalue weighted by molar-refractivity contribution is -0.133. The van der Waals surface area contributed by atoms with E-state index in [9.17, 15) is 9.18 Å². The van der Waals surface area contributed by atoms with E-state index >= 15 is 0 Å². The van der Waals surface area contributed by atoms with Crippen molar-refractivity contribution in [3.8, 4) is 5.75 Å². The van der Waals surface area contributed by atoms with Crippen LogP contribution in [-0.2, 0) is 23.7 Å². The lowest BCUT2D eigenvalue weighted by Gasteiger charge is -2.32. The number of halogens is 1. The van der Waals surface area contributed by atoms with Crippen molar-refractivity contribution in [3.63, 3.8) is 0 Å². The van der Waals surface area contributed by atoms with Crippen LogP contribution in [0.4, 0.5) is 22.0 Å². The number of anilines is 3. The fourth-order valence-corrected chi connectivity index (χ4v) is 5.71. The summed E-state index contributed by atoms with van der Waals surface area (Å²) in [7, 11) is 1.43. The molecule has 1 aliphatic carbocycles. The van der Waals surface area contributed by atoms with Crippen molar-refractivity contribution in [2.24, 2.45) is 0 Å². The molecule has 47 heavy (non-hydrogen) atoms. The highest BCUT2D eigenvalue weighted by atomic mass is 19.1. The monoisotopic (exact) mass is 662 g/mol. The molecular formula is C33H51FN6O7. The van der Waals surface area contributed by atoms with E-state index in [4.69, 9.17) is 38.8 Å². The molecule has 1 saturated heterocycles. The Bertz CT molecular complexity index is 1200. The molecule has 2 aliphatic rings. The Morgan fingerprint density at radius 1 is 0.851 bits per heavy atom. The Kier molecular flexibility index (Phi) is 16.3. The van der Waals surface area contributed by atoms with E-state index in [0.29, 0.717) is 89.9 Å². The van der Waals surface area contributed by atoms with Gasteiger partial charge in [0, 0.05) is 36.8 Å². The summed E-state index contributed by atoms with van der Waals surface area (Å²) in [6.07, 6.45) is 8.69. The molecule has 2 heterocycles. The lowest BCUT2D eigenvalue weighted by Crippen LogP contribution is -2.43. The smallest absolute Gasteiger partial charge is 0.232 e. The zero-order chi connectivity index (χ0) is 33.1. The topological polar surface area (TPSA) is 149 Å². The molecule has 1 aliphatic heterocycles. The van der Waals surface area contributed by atoms with Crippen LogP contribution in [0.25, 0.3) is 0 Å². The summed E-state index contributed by atoms with van der Waals surface area (Å²) >= 11 is 0. The maximum absolute atomic E-state index is 14.4. The van der Waals surface area contributed by atoms with Gasteiger partial charge in [0.25, 0.3) is 0 Å². The van der Waals surface area contributed by atoms with Crippen LogP contribution in [0.5, 0.6) is 5.75 Å². The number of ether oxygens (including phenoxy) is 5. The van der Waals surface area contributed by atoms with Gasteiger partial charge < -0.3 is 44.3 Å². The normalized spacial score (nSPS) is 16.2. The van der Waals surface area contributed by atoms with Gasteiger partial charge in [-0.25, -0.2) is 4.39 Å². The van der Waals surface area contributed by atoms with Crippen molar-refractivity contribution in [2.45, 2.75) is 69.7 Å². The number of nitrogens with one attached hydrogen (secondary N) is 2. The van der Waals surface area contributed by atoms with Crippen molar-refractivity contribution in [2.75, 3.05) is 90.3 Å². The van der Waals surface area contributed by atoms with E-state index < -0.39 is 5.82 Å². The molecule has 0 spiro atoms. The van der Waals surface area contributed by atoms with Gasteiger partial charge in [0.15, 0.2) is 11.6 Å². The van der Waals surface area contributed by atoms with E-state index in [0.717, 1.165) is 44.3 Å². The minimum Gasteiger partial charge on any atom is -0.494 e. The summed E-state index contributed by atoms with van der Waals surface area (Å²) in [4.78, 5) is 28.9. The quantitative estimate of drug-likeness (QED) is 0.139. The molecule has 3 N–H and O–H groups in total. The number of aliphatic hydroxyl groups is 1. The highest BCUT2D eigenvalue weighted by molar-refractivity contribution is 5.76. The van der Waals surface area contributed by atoms with Gasteiger partial charge in [0.05, 0.1) is 73.0 Å². The van der Waals surface area contributed by atoms with E-state index in [1.807, 2.05) is 4.90 Å². The number of carbonyl (C=O) groups excluding carboxylic acids is 1. The molecule has 14 heteroatoms. The Morgan fingerprint density at radius 2 is 1.47 bits per heavy atom. The third-order valence-electron chi connectivity index (χ3n) is 8.27. The molecule has 0 radical (unpaired) electrons. The molecule has 1 aromatic heterocycles. The molecule has 1 aromatic carbocycles. The van der Waals surface area contributed by atoms with Gasteiger partial charge in [-0.05, 0) is 37.8 Å². The molecule has 2 aromatic rings. The summed E-state index contributed by atoms with van der Waals surface area (Å²) in [6.45, 7) is 4.62. The maximum atomic E-state index is 14.4. The Labute approximate surface area is 276 Å². The first-order chi connectivity index (χ1) is 23.1. The number of rotatable bonds is 20. The van der Waals surface area contributed by atoms with Crippen LogP contribution in [0.3, 0.4) is 0 Å². The molecule has 0 unspecified atom stereocenters. The second-order valence-corrected chi connectivity index (χ2v) is 11.7. The predicted octanol–water partition coefficient (Wildman–Crippen LogP) is 4.05. The summed E-state index contributed by atoms with van der Waals surface area (Å²) in [5.74, 6) is 1.67. The van der Waals surface area contributed by atoms with Crippen molar-refractivity contribution >= 4 is 23.5 Å².